The number of nitrogens with zero attached hydrogens (tertiary/aromatic N) is 2. The summed E-state index contributed by atoms with van der Waals surface area (Å²) < 4.78 is 0. The molecule has 0 atom stereocenters. The van der Waals surface area contributed by atoms with Crippen LogP contribution in [0.4, 0.5) is 5.69 Å². The summed E-state index contributed by atoms with van der Waals surface area (Å²) >= 11 is 0. The number of aliphatic hydroxyl groups is 1. The van der Waals surface area contributed by atoms with Crippen LogP contribution in [0.5, 0.6) is 0 Å². The summed E-state index contributed by atoms with van der Waals surface area (Å²) in [4.78, 5) is 18.2. The minimum Gasteiger partial charge on any atom is -0.395 e. The van der Waals surface area contributed by atoms with Gasteiger partial charge in [0.15, 0.2) is 0 Å². The third kappa shape index (κ3) is 3.20. The van der Waals surface area contributed by atoms with Crippen LogP contribution in [0.15, 0.2) is 12.3 Å². The summed E-state index contributed by atoms with van der Waals surface area (Å²) in [6.45, 7) is 6.01. The van der Waals surface area contributed by atoms with E-state index >= 15 is 0 Å². The lowest BCUT2D eigenvalue weighted by Crippen LogP contribution is -2.39. The molecule has 0 aromatic carbocycles. The minimum atomic E-state index is -0.115. The summed E-state index contributed by atoms with van der Waals surface area (Å²) in [7, 11) is 1.78. The maximum absolute atomic E-state index is 12.4. The van der Waals surface area contributed by atoms with Gasteiger partial charge < -0.3 is 15.3 Å². The van der Waals surface area contributed by atoms with E-state index in [4.69, 9.17) is 5.11 Å². The first-order valence-corrected chi connectivity index (χ1v) is 6.07. The third-order valence-corrected chi connectivity index (χ3v) is 2.77. The fourth-order valence-corrected chi connectivity index (χ4v) is 1.79. The van der Waals surface area contributed by atoms with Gasteiger partial charge in [-0.15, -0.1) is 0 Å². The van der Waals surface area contributed by atoms with Gasteiger partial charge in [-0.1, -0.05) is 0 Å². The topological polar surface area (TPSA) is 65.5 Å². The van der Waals surface area contributed by atoms with E-state index in [1.807, 2.05) is 26.8 Å². The molecule has 0 unspecified atom stereocenters. The van der Waals surface area contributed by atoms with Crippen molar-refractivity contribution in [3.63, 3.8) is 0 Å². The van der Waals surface area contributed by atoms with E-state index in [1.54, 1.807) is 18.1 Å². The van der Waals surface area contributed by atoms with E-state index in [0.29, 0.717) is 12.1 Å². The van der Waals surface area contributed by atoms with Crippen LogP contribution < -0.4 is 5.32 Å². The van der Waals surface area contributed by atoms with Crippen molar-refractivity contribution in [3.05, 3.63) is 23.5 Å². The van der Waals surface area contributed by atoms with Gasteiger partial charge >= 0.3 is 0 Å². The molecule has 100 valence electrons. The Balaban J connectivity index is 3.08. The first kappa shape index (κ1) is 14.4. The zero-order valence-electron chi connectivity index (χ0n) is 11.4. The van der Waals surface area contributed by atoms with E-state index in [9.17, 15) is 4.79 Å². The lowest BCUT2D eigenvalue weighted by atomic mass is 10.1. The number of rotatable bonds is 5. The molecule has 2 N–H and O–H groups in total. The van der Waals surface area contributed by atoms with E-state index in [2.05, 4.69) is 10.3 Å². The number of nitrogens with one attached hydrogen (secondary N) is 1. The fourth-order valence-electron chi connectivity index (χ4n) is 1.79. The summed E-state index contributed by atoms with van der Waals surface area (Å²) in [5, 5.41) is 12.0. The Labute approximate surface area is 108 Å². The standard InChI is InChI=1S/C13H21N3O2/c1-9(2)16(5-6-17)13(18)11-8-15-10(3)7-12(11)14-4/h7-9,17H,5-6H2,1-4H3,(H,14,15). The van der Waals surface area contributed by atoms with Crippen LogP contribution in [-0.4, -0.2) is 47.1 Å². The lowest BCUT2D eigenvalue weighted by Gasteiger charge is -2.26. The molecule has 1 amide bonds. The SMILES string of the molecule is CNc1cc(C)ncc1C(=O)N(CCO)C(C)C. The van der Waals surface area contributed by atoms with Crippen LogP contribution in [0, 0.1) is 6.92 Å². The molecule has 1 aromatic rings. The average Bonchev–Trinajstić information content (AvgIpc) is 2.34. The molecule has 5 heteroatoms. The maximum Gasteiger partial charge on any atom is 0.257 e. The average molecular weight is 251 g/mol. The highest BCUT2D eigenvalue weighted by molar-refractivity contribution is 5.99. The van der Waals surface area contributed by atoms with Crippen molar-refractivity contribution in [2.75, 3.05) is 25.5 Å². The van der Waals surface area contributed by atoms with Gasteiger partial charge in [-0.3, -0.25) is 9.78 Å². The van der Waals surface area contributed by atoms with Gasteiger partial charge in [0, 0.05) is 31.5 Å². The number of carbonyl (C=O) groups excluding carboxylic acids is 1. The molecule has 1 heterocycles. The number of aliphatic hydroxyl groups excluding tert-OH is 1. The Bertz CT molecular complexity index is 419. The van der Waals surface area contributed by atoms with Crippen molar-refractivity contribution in [1.82, 2.24) is 9.88 Å². The van der Waals surface area contributed by atoms with Crippen molar-refractivity contribution >= 4 is 11.6 Å². The molecule has 5 nitrogen and oxygen atoms in total. The molecule has 0 aliphatic rings. The summed E-state index contributed by atoms with van der Waals surface area (Å²) in [5.41, 5.74) is 2.15. The molecule has 0 aliphatic heterocycles. The number of hydrogen-bond donors (Lipinski definition) is 2. The van der Waals surface area contributed by atoms with Crippen LogP contribution in [0.1, 0.15) is 29.9 Å². The van der Waals surface area contributed by atoms with Crippen molar-refractivity contribution < 1.29 is 9.90 Å². The molecule has 0 fully saturated rings. The molecule has 0 aliphatic carbocycles. The number of carbonyl (C=O) groups is 1. The Morgan fingerprint density at radius 2 is 2.22 bits per heavy atom. The van der Waals surface area contributed by atoms with E-state index in [0.717, 1.165) is 11.4 Å². The second-order valence-electron chi connectivity index (χ2n) is 4.44. The van der Waals surface area contributed by atoms with Gasteiger partial charge in [-0.05, 0) is 26.8 Å². The number of anilines is 1. The highest BCUT2D eigenvalue weighted by Gasteiger charge is 2.21. The number of hydrogen-bond acceptors (Lipinski definition) is 4. The van der Waals surface area contributed by atoms with Gasteiger partial charge in [0.25, 0.3) is 5.91 Å². The second-order valence-corrected chi connectivity index (χ2v) is 4.44. The number of aromatic nitrogens is 1. The van der Waals surface area contributed by atoms with Crippen LogP contribution in [-0.2, 0) is 0 Å². The van der Waals surface area contributed by atoms with Gasteiger partial charge in [0.05, 0.1) is 17.9 Å². The van der Waals surface area contributed by atoms with Gasteiger partial charge in [-0.2, -0.15) is 0 Å². The van der Waals surface area contributed by atoms with Crippen molar-refractivity contribution in [3.8, 4) is 0 Å². The van der Waals surface area contributed by atoms with Crippen LogP contribution >= 0.6 is 0 Å². The molecule has 1 rings (SSSR count). The molecular formula is C13H21N3O2. The summed E-state index contributed by atoms with van der Waals surface area (Å²) in [6.07, 6.45) is 1.58. The van der Waals surface area contributed by atoms with Crippen molar-refractivity contribution in [2.45, 2.75) is 26.8 Å². The third-order valence-electron chi connectivity index (χ3n) is 2.77. The molecule has 0 saturated heterocycles. The second kappa shape index (κ2) is 6.35. The summed E-state index contributed by atoms with van der Waals surface area (Å²) in [5.74, 6) is -0.115. The van der Waals surface area contributed by atoms with Crippen molar-refractivity contribution in [1.29, 1.82) is 0 Å². The van der Waals surface area contributed by atoms with E-state index in [-0.39, 0.29) is 18.6 Å². The molecule has 0 spiro atoms. The van der Waals surface area contributed by atoms with Crippen molar-refractivity contribution in [2.24, 2.45) is 0 Å². The molecule has 18 heavy (non-hydrogen) atoms. The predicted molar refractivity (Wildman–Crippen MR) is 71.8 cm³/mol. The Morgan fingerprint density at radius 3 is 2.72 bits per heavy atom. The Hall–Kier alpha value is -1.62. The number of aryl methyl sites for hydroxylation is 1. The maximum atomic E-state index is 12.4. The van der Waals surface area contributed by atoms with Crippen LogP contribution in [0.2, 0.25) is 0 Å². The normalized spacial score (nSPS) is 10.6. The van der Waals surface area contributed by atoms with Gasteiger partial charge in [-0.25, -0.2) is 0 Å². The minimum absolute atomic E-state index is 0.0376. The van der Waals surface area contributed by atoms with Crippen LogP contribution in [0.25, 0.3) is 0 Å². The van der Waals surface area contributed by atoms with E-state index in [1.165, 1.54) is 0 Å². The summed E-state index contributed by atoms with van der Waals surface area (Å²) in [6, 6.07) is 1.88. The van der Waals surface area contributed by atoms with Gasteiger partial charge in [0.2, 0.25) is 0 Å². The fraction of sp³-hybridized carbons (Fsp3) is 0.538. The number of amides is 1. The van der Waals surface area contributed by atoms with Gasteiger partial charge in [0.1, 0.15) is 0 Å². The monoisotopic (exact) mass is 251 g/mol. The smallest absolute Gasteiger partial charge is 0.257 e. The van der Waals surface area contributed by atoms with Crippen LogP contribution in [0.3, 0.4) is 0 Å². The first-order valence-electron chi connectivity index (χ1n) is 6.07. The zero-order valence-corrected chi connectivity index (χ0v) is 11.4. The van der Waals surface area contributed by atoms with E-state index < -0.39 is 0 Å². The lowest BCUT2D eigenvalue weighted by molar-refractivity contribution is 0.0666. The largest absolute Gasteiger partial charge is 0.395 e. The highest BCUT2D eigenvalue weighted by atomic mass is 16.3. The Morgan fingerprint density at radius 1 is 1.56 bits per heavy atom. The predicted octanol–water partition coefficient (Wildman–Crippen LogP) is 1.27. The number of pyridine rings is 1. The molecule has 0 bridgehead atoms. The molecule has 0 radical (unpaired) electrons. The zero-order chi connectivity index (χ0) is 13.7. The molecule has 0 saturated carbocycles. The first-order chi connectivity index (χ1) is 8.51. The molecular weight excluding hydrogens is 230 g/mol. The molecule has 1 aromatic heterocycles. The Kier molecular flexibility index (Phi) is 5.09. The highest BCUT2D eigenvalue weighted by Crippen LogP contribution is 2.18. The quantitative estimate of drug-likeness (QED) is 0.827.